The van der Waals surface area contributed by atoms with Gasteiger partial charge >= 0.3 is 0 Å². The van der Waals surface area contributed by atoms with Crippen molar-refractivity contribution in [1.82, 2.24) is 25.0 Å². The molecule has 0 aliphatic carbocycles. The van der Waals surface area contributed by atoms with Crippen LogP contribution in [0.4, 0.5) is 0 Å². The molecule has 0 spiro atoms. The molecule has 2 heterocycles. The summed E-state index contributed by atoms with van der Waals surface area (Å²) < 4.78 is 7.18. The molecule has 0 saturated heterocycles. The lowest BCUT2D eigenvalue weighted by Crippen LogP contribution is -2.33. The van der Waals surface area contributed by atoms with Gasteiger partial charge in [0.05, 0.1) is 0 Å². The zero-order chi connectivity index (χ0) is 18.5. The van der Waals surface area contributed by atoms with Crippen molar-refractivity contribution in [2.45, 2.75) is 39.2 Å². The maximum atomic E-state index is 12.4. The lowest BCUT2D eigenvalue weighted by molar-refractivity contribution is -0.123. The fourth-order valence-electron chi connectivity index (χ4n) is 2.72. The topological polar surface area (TPSA) is 85.8 Å². The molecule has 1 N–H and O–H groups in total. The summed E-state index contributed by atoms with van der Waals surface area (Å²) in [7, 11) is 0. The van der Waals surface area contributed by atoms with Gasteiger partial charge in [-0.1, -0.05) is 37.2 Å². The average molecular weight is 353 g/mol. The minimum Gasteiger partial charge on any atom is -0.354 e. The van der Waals surface area contributed by atoms with Crippen LogP contribution >= 0.6 is 0 Å². The highest BCUT2D eigenvalue weighted by Crippen LogP contribution is 2.18. The van der Waals surface area contributed by atoms with Crippen LogP contribution in [-0.2, 0) is 11.2 Å². The fourth-order valence-corrected chi connectivity index (χ4v) is 2.72. The van der Waals surface area contributed by atoms with Gasteiger partial charge in [0.15, 0.2) is 5.82 Å². The van der Waals surface area contributed by atoms with Crippen LogP contribution in [0.15, 0.2) is 47.2 Å². The summed E-state index contributed by atoms with van der Waals surface area (Å²) in [5, 5.41) is 6.89. The highest BCUT2D eigenvalue weighted by Gasteiger charge is 2.19. The minimum absolute atomic E-state index is 0.0586. The number of carbonyl (C=O) groups is 1. The van der Waals surface area contributed by atoms with Crippen LogP contribution in [0, 0.1) is 0 Å². The van der Waals surface area contributed by atoms with E-state index in [1.807, 2.05) is 48.0 Å². The van der Waals surface area contributed by atoms with Gasteiger partial charge in [-0.05, 0) is 19.1 Å². The average Bonchev–Trinajstić information content (AvgIpc) is 3.31. The Morgan fingerprint density at radius 3 is 2.73 bits per heavy atom. The molecule has 0 saturated carbocycles. The van der Waals surface area contributed by atoms with Crippen LogP contribution in [0.25, 0.3) is 11.5 Å². The van der Waals surface area contributed by atoms with Crippen LogP contribution in [0.2, 0.25) is 0 Å². The van der Waals surface area contributed by atoms with Gasteiger partial charge in [0.1, 0.15) is 11.9 Å². The van der Waals surface area contributed by atoms with Gasteiger partial charge in [-0.25, -0.2) is 4.98 Å². The number of nitrogens with zero attached hydrogens (tertiary/aromatic N) is 4. The van der Waals surface area contributed by atoms with E-state index in [-0.39, 0.29) is 17.9 Å². The molecule has 1 atom stereocenters. The van der Waals surface area contributed by atoms with Crippen LogP contribution in [0.1, 0.15) is 44.4 Å². The molecule has 0 aliphatic heterocycles. The Labute approximate surface area is 152 Å². The minimum atomic E-state index is -0.319. The molecule has 2 aromatic heterocycles. The first-order valence-corrected chi connectivity index (χ1v) is 8.74. The lowest BCUT2D eigenvalue weighted by Gasteiger charge is -2.17. The molecule has 3 aromatic rings. The fraction of sp³-hybridized carbons (Fsp3) is 0.368. The number of nitrogens with one attached hydrogen (secondary N) is 1. The van der Waals surface area contributed by atoms with Crippen LogP contribution in [0.3, 0.4) is 0 Å². The number of imidazole rings is 1. The van der Waals surface area contributed by atoms with E-state index in [4.69, 9.17) is 4.52 Å². The largest absolute Gasteiger partial charge is 0.354 e. The van der Waals surface area contributed by atoms with Crippen molar-refractivity contribution in [2.75, 3.05) is 6.54 Å². The number of benzene rings is 1. The highest BCUT2D eigenvalue weighted by molar-refractivity contribution is 5.79. The van der Waals surface area contributed by atoms with E-state index in [0.29, 0.717) is 24.7 Å². The van der Waals surface area contributed by atoms with Gasteiger partial charge in [0.25, 0.3) is 5.89 Å². The Morgan fingerprint density at radius 1 is 1.23 bits per heavy atom. The first-order valence-electron chi connectivity index (χ1n) is 8.74. The number of amides is 1. The quantitative estimate of drug-likeness (QED) is 0.706. The van der Waals surface area contributed by atoms with Crippen molar-refractivity contribution in [3.8, 4) is 11.5 Å². The van der Waals surface area contributed by atoms with Crippen molar-refractivity contribution < 1.29 is 9.32 Å². The van der Waals surface area contributed by atoms with E-state index in [9.17, 15) is 4.79 Å². The third kappa shape index (κ3) is 3.99. The number of rotatable bonds is 7. The zero-order valence-corrected chi connectivity index (χ0v) is 15.2. The molecule has 1 amide bonds. The second-order valence-corrected chi connectivity index (χ2v) is 6.45. The maximum absolute atomic E-state index is 12.4. The number of carbonyl (C=O) groups excluding carboxylic acids is 1. The first-order chi connectivity index (χ1) is 12.6. The van der Waals surface area contributed by atoms with Gasteiger partial charge in [0, 0.05) is 36.8 Å². The highest BCUT2D eigenvalue weighted by atomic mass is 16.5. The van der Waals surface area contributed by atoms with Gasteiger partial charge in [-0.3, -0.25) is 4.79 Å². The molecule has 1 aromatic carbocycles. The third-order valence-corrected chi connectivity index (χ3v) is 4.15. The monoisotopic (exact) mass is 353 g/mol. The second-order valence-electron chi connectivity index (χ2n) is 6.45. The standard InChI is InChI=1S/C19H23N5O2/c1-13(2)17-20-11-12-24(17)14(3)18(25)21-10-9-16-22-19(26-23-16)15-7-5-4-6-8-15/h4-8,11-14H,9-10H2,1-3H3,(H,21,25). The van der Waals surface area contributed by atoms with Crippen LogP contribution in [-0.4, -0.2) is 32.1 Å². The molecule has 26 heavy (non-hydrogen) atoms. The molecule has 0 radical (unpaired) electrons. The summed E-state index contributed by atoms with van der Waals surface area (Å²) in [6.07, 6.45) is 4.07. The molecule has 0 fully saturated rings. The predicted molar refractivity (Wildman–Crippen MR) is 97.5 cm³/mol. The Morgan fingerprint density at radius 2 is 2.00 bits per heavy atom. The summed E-state index contributed by atoms with van der Waals surface area (Å²) >= 11 is 0. The second kappa shape index (κ2) is 7.95. The Kier molecular flexibility index (Phi) is 5.46. The van der Waals surface area contributed by atoms with E-state index in [0.717, 1.165) is 11.4 Å². The molecule has 136 valence electrons. The molecular formula is C19H23N5O2. The summed E-state index contributed by atoms with van der Waals surface area (Å²) in [5.74, 6) is 2.16. The molecule has 0 aliphatic rings. The lowest BCUT2D eigenvalue weighted by atomic mass is 10.2. The van der Waals surface area contributed by atoms with E-state index >= 15 is 0 Å². The van der Waals surface area contributed by atoms with Gasteiger partial charge in [0.2, 0.25) is 5.91 Å². The van der Waals surface area contributed by atoms with Crippen LogP contribution in [0.5, 0.6) is 0 Å². The molecular weight excluding hydrogens is 330 g/mol. The van der Waals surface area contributed by atoms with Gasteiger partial charge in [-0.15, -0.1) is 0 Å². The Balaban J connectivity index is 1.54. The number of aromatic nitrogens is 4. The van der Waals surface area contributed by atoms with Crippen LogP contribution < -0.4 is 5.32 Å². The first kappa shape index (κ1) is 17.8. The van der Waals surface area contributed by atoms with Crippen molar-refractivity contribution in [1.29, 1.82) is 0 Å². The maximum Gasteiger partial charge on any atom is 0.257 e. The van der Waals surface area contributed by atoms with Crippen molar-refractivity contribution in [3.63, 3.8) is 0 Å². The number of hydrogen-bond acceptors (Lipinski definition) is 5. The molecule has 0 bridgehead atoms. The smallest absolute Gasteiger partial charge is 0.257 e. The van der Waals surface area contributed by atoms with Crippen molar-refractivity contribution in [2.24, 2.45) is 0 Å². The molecule has 7 nitrogen and oxygen atoms in total. The third-order valence-electron chi connectivity index (χ3n) is 4.15. The Hall–Kier alpha value is -2.96. The SMILES string of the molecule is CC(C)c1nccn1C(C)C(=O)NCCc1noc(-c2ccccc2)n1. The molecule has 3 rings (SSSR count). The van der Waals surface area contributed by atoms with Gasteiger partial charge in [-0.2, -0.15) is 4.98 Å². The van der Waals surface area contributed by atoms with E-state index in [1.54, 1.807) is 6.20 Å². The summed E-state index contributed by atoms with van der Waals surface area (Å²) in [5.41, 5.74) is 0.880. The summed E-state index contributed by atoms with van der Waals surface area (Å²) in [4.78, 5) is 21.1. The zero-order valence-electron chi connectivity index (χ0n) is 15.2. The summed E-state index contributed by atoms with van der Waals surface area (Å²) in [6.45, 7) is 6.43. The van der Waals surface area contributed by atoms with E-state index in [2.05, 4.69) is 34.3 Å². The molecule has 7 heteroatoms. The van der Waals surface area contributed by atoms with E-state index < -0.39 is 0 Å². The molecule has 1 unspecified atom stereocenters. The van der Waals surface area contributed by atoms with E-state index in [1.165, 1.54) is 0 Å². The Bertz CT molecular complexity index is 854. The number of hydrogen-bond donors (Lipinski definition) is 1. The summed E-state index contributed by atoms with van der Waals surface area (Å²) in [6, 6.07) is 9.28. The van der Waals surface area contributed by atoms with Crippen molar-refractivity contribution >= 4 is 5.91 Å². The normalized spacial score (nSPS) is 12.3. The van der Waals surface area contributed by atoms with Gasteiger partial charge < -0.3 is 14.4 Å². The predicted octanol–water partition coefficient (Wildman–Crippen LogP) is 2.98. The van der Waals surface area contributed by atoms with Crippen molar-refractivity contribution in [3.05, 3.63) is 54.4 Å².